The number of carbonyl (C=O) groups excluding carboxylic acids is 2. The Morgan fingerprint density at radius 3 is 0.899 bits per heavy atom. The van der Waals surface area contributed by atoms with E-state index in [2.05, 4.69) is 31.3 Å². The summed E-state index contributed by atoms with van der Waals surface area (Å²) in [4.78, 5) is 24.6. The number of carbonyl (C=O) groups is 2. The standard InChI is InChI=1S/C73H141NO5/c1-3-5-7-9-11-13-15-17-19-21-22-23-24-25-26-28-31-34-37-41-45-49-53-57-61-65-71(76)70(69-75)74-72(77)66-62-58-54-50-46-42-38-35-32-29-27-30-33-36-40-44-48-52-56-60-64-68-79-73(78)67-63-59-55-51-47-43-39-20-18-16-14-12-10-8-6-4-2/h20,39,61,65,70-71,75-76H,3-19,21-38,40-60,62-64,66-69H2,1-2H3,(H,74,77)/b39-20-,65-61+. The van der Waals surface area contributed by atoms with Crippen molar-refractivity contribution in [3.05, 3.63) is 24.3 Å². The minimum atomic E-state index is -0.847. The molecule has 0 aliphatic heterocycles. The summed E-state index contributed by atoms with van der Waals surface area (Å²) in [7, 11) is 0. The molecule has 3 N–H and O–H groups in total. The number of allylic oxidation sites excluding steroid dienone is 3. The predicted octanol–water partition coefficient (Wildman–Crippen LogP) is 23.3. The van der Waals surface area contributed by atoms with Gasteiger partial charge in [-0.25, -0.2) is 0 Å². The van der Waals surface area contributed by atoms with E-state index < -0.39 is 12.1 Å². The fourth-order valence-corrected chi connectivity index (χ4v) is 11.5. The van der Waals surface area contributed by atoms with Crippen LogP contribution in [0.3, 0.4) is 0 Å². The van der Waals surface area contributed by atoms with Crippen LogP contribution in [0.25, 0.3) is 0 Å². The molecule has 0 bridgehead atoms. The minimum absolute atomic E-state index is 0.00507. The molecule has 0 aromatic carbocycles. The first-order chi connectivity index (χ1) is 39.0. The number of rotatable bonds is 68. The maximum absolute atomic E-state index is 12.5. The van der Waals surface area contributed by atoms with Gasteiger partial charge >= 0.3 is 5.97 Å². The molecule has 0 aliphatic rings. The van der Waals surface area contributed by atoms with E-state index in [4.69, 9.17) is 4.74 Å². The van der Waals surface area contributed by atoms with Gasteiger partial charge in [0.2, 0.25) is 5.91 Å². The maximum Gasteiger partial charge on any atom is 0.305 e. The monoisotopic (exact) mass is 1110 g/mol. The average molecular weight is 1110 g/mol. The number of hydrogen-bond donors (Lipinski definition) is 3. The molecule has 0 heterocycles. The SMILES string of the molecule is CCCCCCCCC/C=C\CCCCCCCC(=O)OCCCCCCCCCCCCCCCCCCCCCCCC(=O)NC(CO)C(O)/C=C/CCCCCCCCCCCCCCCCCCCCCCCCC. The van der Waals surface area contributed by atoms with Gasteiger partial charge in [-0.05, 0) is 57.8 Å². The Morgan fingerprint density at radius 2 is 0.595 bits per heavy atom. The fourth-order valence-electron chi connectivity index (χ4n) is 11.5. The van der Waals surface area contributed by atoms with Crippen LogP contribution >= 0.6 is 0 Å². The van der Waals surface area contributed by atoms with Crippen molar-refractivity contribution in [2.45, 2.75) is 418 Å². The largest absolute Gasteiger partial charge is 0.466 e. The Labute approximate surface area is 494 Å². The molecule has 0 spiro atoms. The van der Waals surface area contributed by atoms with E-state index in [1.807, 2.05) is 6.08 Å². The molecule has 0 radical (unpaired) electrons. The summed E-state index contributed by atoms with van der Waals surface area (Å²) < 4.78 is 5.49. The third-order valence-electron chi connectivity index (χ3n) is 17.0. The number of aliphatic hydroxyl groups is 2. The molecule has 0 aromatic rings. The number of hydrogen-bond acceptors (Lipinski definition) is 5. The van der Waals surface area contributed by atoms with Crippen LogP contribution in [-0.2, 0) is 14.3 Å². The fraction of sp³-hybridized carbons (Fsp3) is 0.918. The summed E-state index contributed by atoms with van der Waals surface area (Å²) in [5.41, 5.74) is 0. The Morgan fingerprint density at radius 1 is 0.342 bits per heavy atom. The molecule has 0 saturated heterocycles. The zero-order valence-corrected chi connectivity index (χ0v) is 53.6. The highest BCUT2D eigenvalue weighted by molar-refractivity contribution is 5.76. The molecule has 2 atom stereocenters. The van der Waals surface area contributed by atoms with Crippen molar-refractivity contribution in [3.8, 4) is 0 Å². The van der Waals surface area contributed by atoms with Gasteiger partial charge in [-0.2, -0.15) is 0 Å². The van der Waals surface area contributed by atoms with Crippen molar-refractivity contribution in [2.75, 3.05) is 13.2 Å². The highest BCUT2D eigenvalue weighted by Gasteiger charge is 2.18. The van der Waals surface area contributed by atoms with Crippen molar-refractivity contribution in [1.29, 1.82) is 0 Å². The summed E-state index contributed by atoms with van der Waals surface area (Å²) in [6.07, 6.45) is 86.8. The Hall–Kier alpha value is -1.66. The molecule has 1 amide bonds. The van der Waals surface area contributed by atoms with Gasteiger partial charge in [0.05, 0.1) is 25.4 Å². The third-order valence-corrected chi connectivity index (χ3v) is 17.0. The molecule has 2 unspecified atom stereocenters. The number of esters is 1. The molecule has 6 nitrogen and oxygen atoms in total. The summed E-state index contributed by atoms with van der Waals surface area (Å²) in [6.45, 7) is 4.94. The van der Waals surface area contributed by atoms with Crippen LogP contribution < -0.4 is 5.32 Å². The molecule has 0 fully saturated rings. The Balaban J connectivity index is 3.41. The summed E-state index contributed by atoms with van der Waals surface area (Å²) in [5.74, 6) is -0.0592. The van der Waals surface area contributed by atoms with E-state index in [1.54, 1.807) is 6.08 Å². The van der Waals surface area contributed by atoms with E-state index in [9.17, 15) is 19.8 Å². The number of aliphatic hydroxyl groups excluding tert-OH is 2. The van der Waals surface area contributed by atoms with Crippen LogP contribution in [0.4, 0.5) is 0 Å². The number of nitrogens with one attached hydrogen (secondary N) is 1. The zero-order chi connectivity index (χ0) is 57.1. The molecular weight excluding hydrogens is 971 g/mol. The second-order valence-corrected chi connectivity index (χ2v) is 24.9. The van der Waals surface area contributed by atoms with Crippen LogP contribution in [0.15, 0.2) is 24.3 Å². The lowest BCUT2D eigenvalue weighted by molar-refractivity contribution is -0.143. The van der Waals surface area contributed by atoms with Crippen LogP contribution in [0.1, 0.15) is 406 Å². The van der Waals surface area contributed by atoms with E-state index in [0.717, 1.165) is 44.9 Å². The van der Waals surface area contributed by atoms with Crippen molar-refractivity contribution >= 4 is 11.9 Å². The van der Waals surface area contributed by atoms with E-state index in [-0.39, 0.29) is 18.5 Å². The Bertz CT molecular complexity index is 1230. The van der Waals surface area contributed by atoms with Crippen molar-refractivity contribution in [2.24, 2.45) is 0 Å². The molecule has 0 aromatic heterocycles. The van der Waals surface area contributed by atoms with Gasteiger partial charge < -0.3 is 20.3 Å². The van der Waals surface area contributed by atoms with Gasteiger partial charge in [0.15, 0.2) is 0 Å². The predicted molar refractivity (Wildman–Crippen MR) is 347 cm³/mol. The van der Waals surface area contributed by atoms with Gasteiger partial charge in [0.1, 0.15) is 0 Å². The van der Waals surface area contributed by atoms with E-state index >= 15 is 0 Å². The molecule has 0 rings (SSSR count). The quantitative estimate of drug-likeness (QED) is 0.0320. The number of ether oxygens (including phenoxy) is 1. The van der Waals surface area contributed by atoms with Gasteiger partial charge in [0.25, 0.3) is 0 Å². The van der Waals surface area contributed by atoms with Gasteiger partial charge in [-0.1, -0.05) is 359 Å². The first-order valence-corrected chi connectivity index (χ1v) is 36.1. The van der Waals surface area contributed by atoms with Crippen LogP contribution in [-0.4, -0.2) is 47.4 Å². The maximum atomic E-state index is 12.5. The normalized spacial score (nSPS) is 12.6. The van der Waals surface area contributed by atoms with Crippen LogP contribution in [0, 0.1) is 0 Å². The first kappa shape index (κ1) is 77.3. The molecule has 0 aliphatic carbocycles. The van der Waals surface area contributed by atoms with Gasteiger partial charge in [-0.15, -0.1) is 0 Å². The van der Waals surface area contributed by atoms with E-state index in [0.29, 0.717) is 19.4 Å². The van der Waals surface area contributed by atoms with Crippen molar-refractivity contribution in [1.82, 2.24) is 5.32 Å². The highest BCUT2D eigenvalue weighted by Crippen LogP contribution is 2.19. The summed E-state index contributed by atoms with van der Waals surface area (Å²) in [6, 6.07) is -0.630. The lowest BCUT2D eigenvalue weighted by Gasteiger charge is -2.20. The second-order valence-electron chi connectivity index (χ2n) is 24.9. The minimum Gasteiger partial charge on any atom is -0.466 e. The number of unbranched alkanes of at least 4 members (excludes halogenated alkanes) is 55. The smallest absolute Gasteiger partial charge is 0.305 e. The highest BCUT2D eigenvalue weighted by atomic mass is 16.5. The Kier molecular flexibility index (Phi) is 67.4. The topological polar surface area (TPSA) is 95.9 Å². The molecular formula is C73H141NO5. The molecule has 6 heteroatoms. The summed E-state index contributed by atoms with van der Waals surface area (Å²) >= 11 is 0. The number of amides is 1. The lowest BCUT2D eigenvalue weighted by atomic mass is 10.0. The average Bonchev–Trinajstić information content (AvgIpc) is 3.45. The van der Waals surface area contributed by atoms with Crippen molar-refractivity contribution in [3.63, 3.8) is 0 Å². The zero-order valence-electron chi connectivity index (χ0n) is 53.6. The molecule has 468 valence electrons. The summed E-state index contributed by atoms with van der Waals surface area (Å²) in [5, 5.41) is 23.3. The van der Waals surface area contributed by atoms with Gasteiger partial charge in [-0.3, -0.25) is 9.59 Å². The van der Waals surface area contributed by atoms with Crippen LogP contribution in [0.2, 0.25) is 0 Å². The molecule has 0 saturated carbocycles. The van der Waals surface area contributed by atoms with Crippen molar-refractivity contribution < 1.29 is 24.5 Å². The molecule has 79 heavy (non-hydrogen) atoms. The van der Waals surface area contributed by atoms with Gasteiger partial charge in [0, 0.05) is 12.8 Å². The van der Waals surface area contributed by atoms with Crippen LogP contribution in [0.5, 0.6) is 0 Å². The second kappa shape index (κ2) is 68.8. The lowest BCUT2D eigenvalue weighted by Crippen LogP contribution is -2.45. The van der Waals surface area contributed by atoms with E-state index in [1.165, 1.54) is 334 Å². The first-order valence-electron chi connectivity index (χ1n) is 36.1. The third kappa shape index (κ3) is 65.4.